The number of rotatable bonds is 4. The van der Waals surface area contributed by atoms with Gasteiger partial charge in [0, 0.05) is 18.1 Å². The van der Waals surface area contributed by atoms with Crippen LogP contribution < -0.4 is 10.6 Å². The van der Waals surface area contributed by atoms with Crippen molar-refractivity contribution in [3.8, 4) is 0 Å². The van der Waals surface area contributed by atoms with Crippen molar-refractivity contribution in [2.75, 3.05) is 17.7 Å². The molecule has 1 heterocycles. The molecule has 0 saturated carbocycles. The van der Waals surface area contributed by atoms with Crippen molar-refractivity contribution in [2.24, 2.45) is 0 Å². The zero-order chi connectivity index (χ0) is 14.7. The standard InChI is InChI=1S/C16H16N4O/c1-17-12-7-8-14-13(10-12)16(20-19-14)18-15(21)9-11-5-3-2-4-6-11/h2-8,10,17H,9H2,1H3,(H2,18,19,20,21). The van der Waals surface area contributed by atoms with Gasteiger partial charge < -0.3 is 10.6 Å². The van der Waals surface area contributed by atoms with E-state index in [-0.39, 0.29) is 5.91 Å². The second-order valence-corrected chi connectivity index (χ2v) is 4.79. The highest BCUT2D eigenvalue weighted by Crippen LogP contribution is 2.23. The predicted molar refractivity (Wildman–Crippen MR) is 84.4 cm³/mol. The van der Waals surface area contributed by atoms with E-state index < -0.39 is 0 Å². The molecule has 3 aromatic rings. The third kappa shape index (κ3) is 2.86. The summed E-state index contributed by atoms with van der Waals surface area (Å²) in [6.45, 7) is 0. The van der Waals surface area contributed by atoms with Gasteiger partial charge in [0.15, 0.2) is 5.82 Å². The van der Waals surface area contributed by atoms with Crippen LogP contribution >= 0.6 is 0 Å². The SMILES string of the molecule is CNc1ccc2[nH]nc(NC(=O)Cc3ccccc3)c2c1. The summed E-state index contributed by atoms with van der Waals surface area (Å²) in [5, 5.41) is 13.9. The molecule has 1 aromatic heterocycles. The monoisotopic (exact) mass is 280 g/mol. The fourth-order valence-electron chi connectivity index (χ4n) is 2.22. The molecular formula is C16H16N4O. The first-order valence-corrected chi connectivity index (χ1v) is 6.76. The summed E-state index contributed by atoms with van der Waals surface area (Å²) in [5.41, 5.74) is 2.84. The van der Waals surface area contributed by atoms with Gasteiger partial charge in [-0.15, -0.1) is 0 Å². The number of carbonyl (C=O) groups excluding carboxylic acids is 1. The highest BCUT2D eigenvalue weighted by Gasteiger charge is 2.10. The van der Waals surface area contributed by atoms with Crippen LogP contribution in [0.1, 0.15) is 5.56 Å². The van der Waals surface area contributed by atoms with Crippen molar-refractivity contribution < 1.29 is 4.79 Å². The van der Waals surface area contributed by atoms with E-state index in [0.29, 0.717) is 12.2 Å². The summed E-state index contributed by atoms with van der Waals surface area (Å²) in [4.78, 5) is 12.1. The number of amides is 1. The van der Waals surface area contributed by atoms with Gasteiger partial charge in [-0.2, -0.15) is 5.10 Å². The number of benzene rings is 2. The van der Waals surface area contributed by atoms with Gasteiger partial charge in [0.1, 0.15) is 0 Å². The first-order chi connectivity index (χ1) is 10.3. The minimum atomic E-state index is -0.0792. The number of hydrogen-bond acceptors (Lipinski definition) is 3. The highest BCUT2D eigenvalue weighted by molar-refractivity contribution is 6.01. The fraction of sp³-hybridized carbons (Fsp3) is 0.125. The average Bonchev–Trinajstić information content (AvgIpc) is 2.90. The Morgan fingerprint density at radius 2 is 2.00 bits per heavy atom. The molecule has 3 N–H and O–H groups in total. The van der Waals surface area contributed by atoms with Crippen molar-refractivity contribution in [3.05, 3.63) is 54.1 Å². The van der Waals surface area contributed by atoms with Crippen molar-refractivity contribution in [1.29, 1.82) is 0 Å². The van der Waals surface area contributed by atoms with E-state index in [1.54, 1.807) is 0 Å². The molecule has 5 heteroatoms. The summed E-state index contributed by atoms with van der Waals surface area (Å²) in [6.07, 6.45) is 0.334. The molecule has 3 rings (SSSR count). The van der Waals surface area contributed by atoms with Gasteiger partial charge in [0.05, 0.1) is 11.9 Å². The van der Waals surface area contributed by atoms with E-state index in [1.807, 2.05) is 55.6 Å². The van der Waals surface area contributed by atoms with E-state index in [4.69, 9.17) is 0 Å². The van der Waals surface area contributed by atoms with Crippen LogP contribution in [0.25, 0.3) is 10.9 Å². The van der Waals surface area contributed by atoms with Gasteiger partial charge in [-0.3, -0.25) is 9.89 Å². The Kier molecular flexibility index (Phi) is 3.55. The zero-order valence-corrected chi connectivity index (χ0v) is 11.7. The summed E-state index contributed by atoms with van der Waals surface area (Å²) < 4.78 is 0. The second kappa shape index (κ2) is 5.66. The molecule has 0 aliphatic carbocycles. The molecule has 0 radical (unpaired) electrons. The van der Waals surface area contributed by atoms with Crippen LogP contribution in [0.2, 0.25) is 0 Å². The van der Waals surface area contributed by atoms with Gasteiger partial charge in [-0.25, -0.2) is 0 Å². The smallest absolute Gasteiger partial charge is 0.230 e. The highest BCUT2D eigenvalue weighted by atomic mass is 16.1. The summed E-state index contributed by atoms with van der Waals surface area (Å²) in [5.74, 6) is 0.479. The van der Waals surface area contributed by atoms with Crippen LogP contribution in [0.5, 0.6) is 0 Å². The number of hydrogen-bond donors (Lipinski definition) is 3. The Hall–Kier alpha value is -2.82. The summed E-state index contributed by atoms with van der Waals surface area (Å²) >= 11 is 0. The van der Waals surface area contributed by atoms with Crippen LogP contribution in [0, 0.1) is 0 Å². The minimum absolute atomic E-state index is 0.0792. The number of anilines is 2. The number of carbonyl (C=O) groups is 1. The topological polar surface area (TPSA) is 69.8 Å². The van der Waals surface area contributed by atoms with E-state index in [1.165, 1.54) is 0 Å². The fourth-order valence-corrected chi connectivity index (χ4v) is 2.22. The quantitative estimate of drug-likeness (QED) is 0.688. The number of nitrogens with one attached hydrogen (secondary N) is 3. The van der Waals surface area contributed by atoms with Crippen molar-refractivity contribution >= 4 is 28.3 Å². The van der Waals surface area contributed by atoms with E-state index >= 15 is 0 Å². The lowest BCUT2D eigenvalue weighted by Gasteiger charge is -2.04. The third-order valence-electron chi connectivity index (χ3n) is 3.32. The Morgan fingerprint density at radius 3 is 2.76 bits per heavy atom. The average molecular weight is 280 g/mol. The van der Waals surface area contributed by atoms with Crippen LogP contribution in [-0.4, -0.2) is 23.2 Å². The molecule has 0 unspecified atom stereocenters. The molecule has 106 valence electrons. The predicted octanol–water partition coefficient (Wildman–Crippen LogP) is 2.79. The minimum Gasteiger partial charge on any atom is -0.388 e. The summed E-state index contributed by atoms with van der Waals surface area (Å²) in [6, 6.07) is 15.5. The summed E-state index contributed by atoms with van der Waals surface area (Å²) in [7, 11) is 1.86. The van der Waals surface area contributed by atoms with E-state index in [0.717, 1.165) is 22.2 Å². The molecule has 5 nitrogen and oxygen atoms in total. The maximum atomic E-state index is 12.1. The second-order valence-electron chi connectivity index (χ2n) is 4.79. The Bertz CT molecular complexity index is 764. The largest absolute Gasteiger partial charge is 0.388 e. The molecule has 0 aliphatic rings. The molecule has 0 atom stereocenters. The van der Waals surface area contributed by atoms with Gasteiger partial charge in [-0.05, 0) is 23.8 Å². The number of fused-ring (bicyclic) bond motifs is 1. The molecule has 2 aromatic carbocycles. The number of nitrogens with zero attached hydrogens (tertiary/aromatic N) is 1. The number of H-pyrrole nitrogens is 1. The molecule has 0 saturated heterocycles. The lowest BCUT2D eigenvalue weighted by Crippen LogP contribution is -2.14. The van der Waals surface area contributed by atoms with Crippen molar-refractivity contribution in [1.82, 2.24) is 10.2 Å². The van der Waals surface area contributed by atoms with Crippen LogP contribution in [0.15, 0.2) is 48.5 Å². The van der Waals surface area contributed by atoms with E-state index in [9.17, 15) is 4.79 Å². The van der Waals surface area contributed by atoms with Crippen LogP contribution in [-0.2, 0) is 11.2 Å². The van der Waals surface area contributed by atoms with Crippen molar-refractivity contribution in [2.45, 2.75) is 6.42 Å². The lowest BCUT2D eigenvalue weighted by atomic mass is 10.1. The molecule has 21 heavy (non-hydrogen) atoms. The maximum Gasteiger partial charge on any atom is 0.230 e. The molecule has 0 spiro atoms. The van der Waals surface area contributed by atoms with Gasteiger partial charge in [0.25, 0.3) is 0 Å². The van der Waals surface area contributed by atoms with Crippen molar-refractivity contribution in [3.63, 3.8) is 0 Å². The Morgan fingerprint density at radius 1 is 1.19 bits per heavy atom. The number of aromatic amines is 1. The van der Waals surface area contributed by atoms with Gasteiger partial charge >= 0.3 is 0 Å². The zero-order valence-electron chi connectivity index (χ0n) is 11.7. The van der Waals surface area contributed by atoms with Crippen LogP contribution in [0.3, 0.4) is 0 Å². The third-order valence-corrected chi connectivity index (χ3v) is 3.32. The lowest BCUT2D eigenvalue weighted by molar-refractivity contribution is -0.115. The van der Waals surface area contributed by atoms with E-state index in [2.05, 4.69) is 20.8 Å². The van der Waals surface area contributed by atoms with Gasteiger partial charge in [-0.1, -0.05) is 30.3 Å². The van der Waals surface area contributed by atoms with Crippen LogP contribution in [0.4, 0.5) is 11.5 Å². The normalized spacial score (nSPS) is 10.5. The molecule has 0 bridgehead atoms. The molecule has 0 fully saturated rings. The maximum absolute atomic E-state index is 12.1. The number of aromatic nitrogens is 2. The Labute approximate surface area is 122 Å². The van der Waals surface area contributed by atoms with Gasteiger partial charge in [0.2, 0.25) is 5.91 Å². The molecule has 0 aliphatic heterocycles. The first-order valence-electron chi connectivity index (χ1n) is 6.76. The molecule has 1 amide bonds. The first kappa shape index (κ1) is 13.2. The molecular weight excluding hydrogens is 264 g/mol. The Balaban J connectivity index is 1.79.